The molecule has 0 unspecified atom stereocenters. The Morgan fingerprint density at radius 3 is 1.81 bits per heavy atom. The predicted molar refractivity (Wildman–Crippen MR) is 99.0 cm³/mol. The topological polar surface area (TPSA) is 81.4 Å². The fourth-order valence-electron chi connectivity index (χ4n) is 2.68. The number of rotatable bonds is 3. The molecule has 0 saturated heterocycles. The Bertz CT molecular complexity index is 1440. The maximum Gasteiger partial charge on any atom is 0.502 e. The molecule has 2 aromatic carbocycles. The third kappa shape index (κ3) is 3.72. The zero-order chi connectivity index (χ0) is 23.4. The van der Waals surface area contributed by atoms with Gasteiger partial charge in [0.1, 0.15) is 10.5 Å². The van der Waals surface area contributed by atoms with E-state index in [4.69, 9.17) is 16.6 Å². The van der Waals surface area contributed by atoms with Crippen LogP contribution in [0.15, 0.2) is 62.7 Å². The van der Waals surface area contributed by atoms with Gasteiger partial charge in [-0.15, -0.1) is 0 Å². The second-order valence-electron chi connectivity index (χ2n) is 5.98. The highest BCUT2D eigenvalue weighted by molar-refractivity contribution is 7.93. The van der Waals surface area contributed by atoms with Crippen LogP contribution in [0.2, 0.25) is 0 Å². The zero-order valence-electron chi connectivity index (χ0n) is 14.7. The lowest BCUT2D eigenvalue weighted by Gasteiger charge is -2.16. The second-order valence-corrected chi connectivity index (χ2v) is 10.2. The average molecular weight is 502 g/mol. The molecule has 5 nitrogen and oxygen atoms in total. The molecule has 0 N–H and O–H groups in total. The van der Waals surface area contributed by atoms with Crippen LogP contribution in [0.5, 0.6) is 0 Å². The lowest BCUT2D eigenvalue weighted by molar-refractivity contribution is -0.0442. The Hall–Kier alpha value is -2.45. The Morgan fingerprint density at radius 2 is 1.29 bits per heavy atom. The van der Waals surface area contributed by atoms with E-state index in [2.05, 4.69) is 0 Å². The third-order valence-electron chi connectivity index (χ3n) is 4.04. The molecule has 166 valence electrons. The van der Waals surface area contributed by atoms with Crippen molar-refractivity contribution in [2.24, 2.45) is 0 Å². The summed E-state index contributed by atoms with van der Waals surface area (Å²) in [6, 6.07) is 8.77. The normalized spacial score (nSPS) is 13.5. The molecule has 0 amide bonds. The first-order valence-electron chi connectivity index (χ1n) is 7.88. The minimum atomic E-state index is -6.25. The fraction of sp³-hybridized carbons (Fsp3) is 0.118. The van der Waals surface area contributed by atoms with Gasteiger partial charge in [-0.25, -0.2) is 16.8 Å². The van der Waals surface area contributed by atoms with Crippen molar-refractivity contribution in [3.63, 3.8) is 0 Å². The molecule has 1 aromatic heterocycles. The van der Waals surface area contributed by atoms with Crippen LogP contribution in [0.3, 0.4) is 0 Å². The van der Waals surface area contributed by atoms with Gasteiger partial charge in [-0.05, 0) is 12.1 Å². The van der Waals surface area contributed by atoms with E-state index in [9.17, 15) is 43.2 Å². The van der Waals surface area contributed by atoms with E-state index in [1.165, 1.54) is 30.3 Å². The summed E-state index contributed by atoms with van der Waals surface area (Å²) >= 11 is 4.81. The van der Waals surface area contributed by atoms with Crippen molar-refractivity contribution < 1.29 is 47.6 Å². The van der Waals surface area contributed by atoms with Crippen LogP contribution in [0.4, 0.5) is 26.3 Å². The van der Waals surface area contributed by atoms with Crippen molar-refractivity contribution in [3.05, 3.63) is 53.0 Å². The molecule has 0 aliphatic heterocycles. The Balaban J connectivity index is 2.61. The highest BCUT2D eigenvalue weighted by Crippen LogP contribution is 2.42. The molecule has 14 heteroatoms. The van der Waals surface area contributed by atoms with Crippen molar-refractivity contribution in [1.82, 2.24) is 0 Å². The predicted octanol–water partition coefficient (Wildman–Crippen LogP) is 5.42. The summed E-state index contributed by atoms with van der Waals surface area (Å²) in [6.07, 6.45) is 0. The van der Waals surface area contributed by atoms with Crippen LogP contribution in [0, 0.1) is 4.51 Å². The maximum atomic E-state index is 13.3. The van der Waals surface area contributed by atoms with Gasteiger partial charge in [0, 0.05) is 5.56 Å². The number of benzene rings is 2. The first-order chi connectivity index (χ1) is 14.1. The lowest BCUT2D eigenvalue weighted by Crippen LogP contribution is -2.25. The van der Waals surface area contributed by atoms with Gasteiger partial charge in [-0.3, -0.25) is 0 Å². The molecule has 0 radical (unpaired) electrons. The van der Waals surface area contributed by atoms with E-state index in [1.54, 1.807) is 0 Å². The number of halogens is 6. The van der Waals surface area contributed by atoms with Gasteiger partial charge in [-0.2, -0.15) is 26.3 Å². The highest BCUT2D eigenvalue weighted by atomic mass is 32.2. The van der Waals surface area contributed by atoms with E-state index in [-0.39, 0.29) is 5.56 Å². The van der Waals surface area contributed by atoms with Crippen molar-refractivity contribution in [3.8, 4) is 11.3 Å². The van der Waals surface area contributed by atoms with Gasteiger partial charge in [0.15, 0.2) is 5.76 Å². The molecule has 0 bridgehead atoms. The summed E-state index contributed by atoms with van der Waals surface area (Å²) in [4.78, 5) is -3.18. The first kappa shape index (κ1) is 23.2. The molecule has 0 spiro atoms. The summed E-state index contributed by atoms with van der Waals surface area (Å²) in [5, 5.41) is -1.10. The van der Waals surface area contributed by atoms with Gasteiger partial charge in [0.05, 0.1) is 14.8 Å². The van der Waals surface area contributed by atoms with Gasteiger partial charge in [0.25, 0.3) is 19.7 Å². The van der Waals surface area contributed by atoms with Gasteiger partial charge < -0.3 is 4.42 Å². The average Bonchev–Trinajstić information content (AvgIpc) is 2.66. The molecule has 31 heavy (non-hydrogen) atoms. The Kier molecular flexibility index (Phi) is 5.47. The Labute approximate surface area is 175 Å². The van der Waals surface area contributed by atoms with Crippen molar-refractivity contribution in [2.45, 2.75) is 20.8 Å². The number of fused-ring (bicyclic) bond motifs is 1. The number of alkyl halides is 6. The third-order valence-corrected chi connectivity index (χ3v) is 7.65. The Morgan fingerprint density at radius 1 is 0.742 bits per heavy atom. The van der Waals surface area contributed by atoms with Crippen molar-refractivity contribution in [1.29, 1.82) is 0 Å². The smallest absolute Gasteiger partial charge is 0.455 e. The second kappa shape index (κ2) is 7.31. The van der Waals surface area contributed by atoms with Gasteiger partial charge >= 0.3 is 11.0 Å². The SMILES string of the molecule is O=S(=O)(c1c(-c2ccccc2)oc2cccc(S(=O)(=O)C(F)(F)F)c2c1=S)C(F)(F)F. The van der Waals surface area contributed by atoms with E-state index in [0.29, 0.717) is 6.07 Å². The molecular formula is C17H8F6O5S3. The molecular weight excluding hydrogens is 494 g/mol. The number of hydrogen-bond acceptors (Lipinski definition) is 6. The van der Waals surface area contributed by atoms with E-state index >= 15 is 0 Å². The molecule has 3 aromatic rings. The fourth-order valence-corrected chi connectivity index (χ4v) is 5.34. The van der Waals surface area contributed by atoms with Gasteiger partial charge in [-0.1, -0.05) is 48.6 Å². The molecule has 0 aliphatic carbocycles. The minimum Gasteiger partial charge on any atom is -0.455 e. The molecule has 0 aliphatic rings. The summed E-state index contributed by atoms with van der Waals surface area (Å²) in [5.74, 6) is -0.892. The molecule has 0 atom stereocenters. The molecule has 0 saturated carbocycles. The molecule has 1 heterocycles. The summed E-state index contributed by atoms with van der Waals surface area (Å²) in [5.41, 5.74) is -12.5. The standard InChI is InChI=1S/C17H8F6O5S3/c18-16(19,20)30(24,25)11-8-4-7-10-12(11)14(29)15(31(26,27)17(21,22)23)13(28-10)9-5-2-1-3-6-9/h1-8H. The van der Waals surface area contributed by atoms with E-state index in [0.717, 1.165) is 12.1 Å². The number of sulfone groups is 2. The van der Waals surface area contributed by atoms with E-state index < -0.39 is 61.7 Å². The van der Waals surface area contributed by atoms with Gasteiger partial charge in [0.2, 0.25) is 0 Å². The monoisotopic (exact) mass is 502 g/mol. The van der Waals surface area contributed by atoms with Crippen molar-refractivity contribution >= 4 is 42.9 Å². The van der Waals surface area contributed by atoms with Crippen LogP contribution < -0.4 is 0 Å². The summed E-state index contributed by atoms with van der Waals surface area (Å²) < 4.78 is 132. The minimum absolute atomic E-state index is 0.178. The quantitative estimate of drug-likeness (QED) is 0.352. The zero-order valence-corrected chi connectivity index (χ0v) is 17.1. The van der Waals surface area contributed by atoms with Crippen LogP contribution in [-0.4, -0.2) is 27.9 Å². The van der Waals surface area contributed by atoms with Crippen LogP contribution in [0.1, 0.15) is 0 Å². The maximum absolute atomic E-state index is 13.3. The molecule has 0 fully saturated rings. The van der Waals surface area contributed by atoms with Crippen LogP contribution >= 0.6 is 12.2 Å². The summed E-state index contributed by atoms with van der Waals surface area (Å²) in [7, 11) is -12.4. The number of hydrogen-bond donors (Lipinski definition) is 0. The first-order valence-corrected chi connectivity index (χ1v) is 11.3. The highest BCUT2D eigenvalue weighted by Gasteiger charge is 2.51. The largest absolute Gasteiger partial charge is 0.502 e. The van der Waals surface area contributed by atoms with Crippen molar-refractivity contribution in [2.75, 3.05) is 0 Å². The van der Waals surface area contributed by atoms with E-state index in [1.807, 2.05) is 0 Å². The lowest BCUT2D eigenvalue weighted by atomic mass is 10.1. The van der Waals surface area contributed by atoms with Crippen LogP contribution in [-0.2, 0) is 19.7 Å². The van der Waals surface area contributed by atoms with Crippen LogP contribution in [0.25, 0.3) is 22.3 Å². The molecule has 3 rings (SSSR count). The summed E-state index contributed by atoms with van der Waals surface area (Å²) in [6.45, 7) is 0.